The Labute approximate surface area is 129 Å². The Morgan fingerprint density at radius 1 is 1.30 bits per heavy atom. The zero-order chi connectivity index (χ0) is 14.4. The molecule has 5 nitrogen and oxygen atoms in total. The van der Waals surface area contributed by atoms with Crippen molar-refractivity contribution < 1.29 is 0 Å². The Morgan fingerprint density at radius 2 is 2.05 bits per heavy atom. The van der Waals surface area contributed by atoms with Crippen molar-refractivity contribution in [3.05, 3.63) is 10.7 Å². The minimum atomic E-state index is 0.528. The summed E-state index contributed by atoms with van der Waals surface area (Å²) in [5.41, 5.74) is 0. The average molecular weight is 342 g/mol. The Bertz CT molecular complexity index is 420. The standard InChI is InChI=1S/C14H24BrN5/c1-3-16-14-18-10-12(15)13(19-14)17-9-11(2)20-7-5-4-6-8-20/h10-11H,3-9H2,1-2H3,(H2,16,17,18,19). The first-order chi connectivity index (χ1) is 9.70. The van der Waals surface area contributed by atoms with Gasteiger partial charge in [-0.15, -0.1) is 0 Å². The van der Waals surface area contributed by atoms with E-state index in [2.05, 4.69) is 48.4 Å². The van der Waals surface area contributed by atoms with Gasteiger partial charge in [-0.25, -0.2) is 4.98 Å². The van der Waals surface area contributed by atoms with Crippen LogP contribution in [0.1, 0.15) is 33.1 Å². The summed E-state index contributed by atoms with van der Waals surface area (Å²) in [5, 5.41) is 6.56. The molecule has 0 radical (unpaired) electrons. The number of rotatable bonds is 6. The van der Waals surface area contributed by atoms with Crippen LogP contribution in [0.3, 0.4) is 0 Å². The lowest BCUT2D eigenvalue weighted by molar-refractivity contribution is 0.180. The van der Waals surface area contributed by atoms with Gasteiger partial charge in [0, 0.05) is 25.3 Å². The third kappa shape index (κ3) is 4.31. The van der Waals surface area contributed by atoms with Crippen LogP contribution >= 0.6 is 15.9 Å². The van der Waals surface area contributed by atoms with Crippen LogP contribution in [0.25, 0.3) is 0 Å². The van der Waals surface area contributed by atoms with Crippen LogP contribution in [0.4, 0.5) is 11.8 Å². The van der Waals surface area contributed by atoms with E-state index in [4.69, 9.17) is 0 Å². The second-order valence-corrected chi connectivity index (χ2v) is 6.10. The monoisotopic (exact) mass is 341 g/mol. The SMILES string of the molecule is CCNc1ncc(Br)c(NCC(C)N2CCCCC2)n1. The molecule has 0 aliphatic carbocycles. The highest BCUT2D eigenvalue weighted by Crippen LogP contribution is 2.20. The minimum Gasteiger partial charge on any atom is -0.367 e. The van der Waals surface area contributed by atoms with Gasteiger partial charge in [0.05, 0.1) is 4.47 Å². The van der Waals surface area contributed by atoms with E-state index >= 15 is 0 Å². The number of aromatic nitrogens is 2. The van der Waals surface area contributed by atoms with Crippen LogP contribution in [-0.2, 0) is 0 Å². The summed E-state index contributed by atoms with van der Waals surface area (Å²) >= 11 is 3.50. The van der Waals surface area contributed by atoms with Gasteiger partial charge in [0.25, 0.3) is 0 Å². The predicted octanol–water partition coefficient (Wildman–Crippen LogP) is 2.96. The summed E-state index contributed by atoms with van der Waals surface area (Å²) in [6.07, 6.45) is 5.82. The fraction of sp³-hybridized carbons (Fsp3) is 0.714. The number of likely N-dealkylation sites (tertiary alicyclic amines) is 1. The van der Waals surface area contributed by atoms with Crippen molar-refractivity contribution in [2.24, 2.45) is 0 Å². The van der Waals surface area contributed by atoms with Crippen LogP contribution in [0.2, 0.25) is 0 Å². The molecule has 0 spiro atoms. The molecule has 2 rings (SSSR count). The van der Waals surface area contributed by atoms with E-state index in [1.54, 1.807) is 6.20 Å². The van der Waals surface area contributed by atoms with Crippen LogP contribution in [0.5, 0.6) is 0 Å². The molecule has 0 aromatic carbocycles. The normalized spacial score (nSPS) is 17.8. The number of hydrogen-bond acceptors (Lipinski definition) is 5. The molecular formula is C14H24BrN5. The Balaban J connectivity index is 1.90. The molecule has 6 heteroatoms. The average Bonchev–Trinajstić information content (AvgIpc) is 2.48. The van der Waals surface area contributed by atoms with Gasteiger partial charge in [0.15, 0.2) is 0 Å². The lowest BCUT2D eigenvalue weighted by Crippen LogP contribution is -2.41. The number of nitrogens with one attached hydrogen (secondary N) is 2. The predicted molar refractivity (Wildman–Crippen MR) is 87.3 cm³/mol. The Hall–Kier alpha value is -0.880. The number of hydrogen-bond donors (Lipinski definition) is 2. The van der Waals surface area contributed by atoms with Crippen molar-refractivity contribution in [2.45, 2.75) is 39.2 Å². The van der Waals surface area contributed by atoms with Gasteiger partial charge in [0.2, 0.25) is 5.95 Å². The number of nitrogens with zero attached hydrogens (tertiary/aromatic N) is 3. The van der Waals surface area contributed by atoms with Crippen LogP contribution < -0.4 is 10.6 Å². The summed E-state index contributed by atoms with van der Waals surface area (Å²) in [5.74, 6) is 1.53. The molecule has 1 saturated heterocycles. The maximum atomic E-state index is 4.48. The topological polar surface area (TPSA) is 53.1 Å². The third-order valence-corrected chi connectivity index (χ3v) is 4.24. The molecule has 2 N–H and O–H groups in total. The maximum Gasteiger partial charge on any atom is 0.224 e. The number of piperidine rings is 1. The van der Waals surface area contributed by atoms with Crippen molar-refractivity contribution in [1.82, 2.24) is 14.9 Å². The van der Waals surface area contributed by atoms with Crippen LogP contribution in [0.15, 0.2) is 10.7 Å². The minimum absolute atomic E-state index is 0.528. The number of halogens is 1. The van der Waals surface area contributed by atoms with Crippen molar-refractivity contribution in [2.75, 3.05) is 36.8 Å². The zero-order valence-electron chi connectivity index (χ0n) is 12.3. The van der Waals surface area contributed by atoms with Crippen LogP contribution in [-0.4, -0.2) is 47.1 Å². The number of anilines is 2. The highest BCUT2D eigenvalue weighted by atomic mass is 79.9. The molecule has 1 atom stereocenters. The molecule has 20 heavy (non-hydrogen) atoms. The van der Waals surface area contributed by atoms with Gasteiger partial charge in [-0.1, -0.05) is 6.42 Å². The third-order valence-electron chi connectivity index (χ3n) is 3.66. The van der Waals surface area contributed by atoms with Crippen molar-refractivity contribution in [3.63, 3.8) is 0 Å². The van der Waals surface area contributed by atoms with E-state index in [-0.39, 0.29) is 0 Å². The van der Waals surface area contributed by atoms with E-state index < -0.39 is 0 Å². The molecule has 0 bridgehead atoms. The van der Waals surface area contributed by atoms with E-state index in [0.717, 1.165) is 23.4 Å². The van der Waals surface area contributed by atoms with Crippen molar-refractivity contribution in [3.8, 4) is 0 Å². The fourth-order valence-corrected chi connectivity index (χ4v) is 2.80. The summed E-state index contributed by atoms with van der Waals surface area (Å²) < 4.78 is 0.907. The summed E-state index contributed by atoms with van der Waals surface area (Å²) in [6, 6.07) is 0.528. The zero-order valence-corrected chi connectivity index (χ0v) is 13.9. The Kier molecular flexibility index (Phi) is 6.04. The van der Waals surface area contributed by atoms with Crippen molar-refractivity contribution >= 4 is 27.7 Å². The molecule has 2 heterocycles. The lowest BCUT2D eigenvalue weighted by Gasteiger charge is -2.32. The second kappa shape index (κ2) is 7.78. The van der Waals surface area contributed by atoms with Crippen molar-refractivity contribution in [1.29, 1.82) is 0 Å². The molecule has 1 fully saturated rings. The van der Waals surface area contributed by atoms with Gasteiger partial charge >= 0.3 is 0 Å². The smallest absolute Gasteiger partial charge is 0.224 e. The summed E-state index contributed by atoms with van der Waals surface area (Å²) in [6.45, 7) is 8.48. The van der Waals surface area contributed by atoms with E-state index in [1.807, 2.05) is 6.92 Å². The molecular weight excluding hydrogens is 318 g/mol. The molecule has 1 unspecified atom stereocenters. The summed E-state index contributed by atoms with van der Waals surface area (Å²) in [4.78, 5) is 11.3. The highest BCUT2D eigenvalue weighted by Gasteiger charge is 2.16. The molecule has 112 valence electrons. The summed E-state index contributed by atoms with van der Waals surface area (Å²) in [7, 11) is 0. The van der Waals surface area contributed by atoms with Gasteiger partial charge < -0.3 is 10.6 Å². The van der Waals surface area contributed by atoms with E-state index in [0.29, 0.717) is 12.0 Å². The largest absolute Gasteiger partial charge is 0.367 e. The fourth-order valence-electron chi connectivity index (χ4n) is 2.47. The van der Waals surface area contributed by atoms with Gasteiger partial charge in [0.1, 0.15) is 5.82 Å². The van der Waals surface area contributed by atoms with Gasteiger partial charge in [-0.3, -0.25) is 4.90 Å². The molecule has 1 aromatic heterocycles. The van der Waals surface area contributed by atoms with Gasteiger partial charge in [-0.05, 0) is 55.7 Å². The molecule has 1 aliphatic rings. The second-order valence-electron chi connectivity index (χ2n) is 5.25. The first-order valence-corrected chi connectivity index (χ1v) is 8.24. The van der Waals surface area contributed by atoms with E-state index in [1.165, 1.54) is 32.4 Å². The van der Waals surface area contributed by atoms with Gasteiger partial charge in [-0.2, -0.15) is 4.98 Å². The first-order valence-electron chi connectivity index (χ1n) is 7.45. The molecule has 1 aliphatic heterocycles. The Morgan fingerprint density at radius 3 is 2.75 bits per heavy atom. The molecule has 0 saturated carbocycles. The lowest BCUT2D eigenvalue weighted by atomic mass is 10.1. The first kappa shape index (κ1) is 15.5. The molecule has 0 amide bonds. The quantitative estimate of drug-likeness (QED) is 0.833. The maximum absolute atomic E-state index is 4.48. The highest BCUT2D eigenvalue weighted by molar-refractivity contribution is 9.10. The van der Waals surface area contributed by atoms with E-state index in [9.17, 15) is 0 Å². The van der Waals surface area contributed by atoms with Crippen LogP contribution in [0, 0.1) is 0 Å². The molecule has 1 aromatic rings.